The van der Waals surface area contributed by atoms with Crippen LogP contribution in [0.1, 0.15) is 39.0 Å². The van der Waals surface area contributed by atoms with Gasteiger partial charge < -0.3 is 10.6 Å². The standard InChI is InChI=1S/C11H22N2/c1-9(12)10-5-7-13(8-6-10)11-3-2-4-11/h9-11H,2-8,12H2,1H3. The summed E-state index contributed by atoms with van der Waals surface area (Å²) in [6.45, 7) is 4.76. The van der Waals surface area contributed by atoms with E-state index >= 15 is 0 Å². The summed E-state index contributed by atoms with van der Waals surface area (Å²) >= 11 is 0. The summed E-state index contributed by atoms with van der Waals surface area (Å²) in [5.41, 5.74) is 5.92. The van der Waals surface area contributed by atoms with Crippen molar-refractivity contribution in [3.8, 4) is 0 Å². The molecule has 0 aromatic rings. The third-order valence-corrected chi connectivity index (χ3v) is 3.91. The summed E-state index contributed by atoms with van der Waals surface area (Å²) in [5, 5.41) is 0. The number of hydrogen-bond donors (Lipinski definition) is 1. The first kappa shape index (κ1) is 9.47. The summed E-state index contributed by atoms with van der Waals surface area (Å²) < 4.78 is 0. The molecule has 0 spiro atoms. The van der Waals surface area contributed by atoms with E-state index in [4.69, 9.17) is 5.73 Å². The molecule has 2 aliphatic rings. The molecule has 1 saturated heterocycles. The topological polar surface area (TPSA) is 29.3 Å². The van der Waals surface area contributed by atoms with Crippen LogP contribution in [0.3, 0.4) is 0 Å². The predicted molar refractivity (Wildman–Crippen MR) is 55.6 cm³/mol. The van der Waals surface area contributed by atoms with Gasteiger partial charge in [-0.05, 0) is 51.6 Å². The SMILES string of the molecule is CC(N)C1CCN(C2CCC2)CC1. The zero-order valence-corrected chi connectivity index (χ0v) is 8.71. The van der Waals surface area contributed by atoms with E-state index in [1.807, 2.05) is 0 Å². The Morgan fingerprint density at radius 3 is 2.15 bits per heavy atom. The molecule has 1 unspecified atom stereocenters. The summed E-state index contributed by atoms with van der Waals surface area (Å²) in [4.78, 5) is 2.68. The van der Waals surface area contributed by atoms with Gasteiger partial charge in [-0.2, -0.15) is 0 Å². The highest BCUT2D eigenvalue weighted by Crippen LogP contribution is 2.29. The second-order valence-corrected chi connectivity index (χ2v) is 4.82. The van der Waals surface area contributed by atoms with E-state index in [1.54, 1.807) is 0 Å². The molecule has 0 aromatic carbocycles. The van der Waals surface area contributed by atoms with Gasteiger partial charge in [-0.1, -0.05) is 6.42 Å². The quantitative estimate of drug-likeness (QED) is 0.703. The zero-order valence-electron chi connectivity index (χ0n) is 8.71. The van der Waals surface area contributed by atoms with Crippen molar-refractivity contribution < 1.29 is 0 Å². The van der Waals surface area contributed by atoms with Crippen LogP contribution in [0, 0.1) is 5.92 Å². The number of nitrogens with zero attached hydrogens (tertiary/aromatic N) is 1. The van der Waals surface area contributed by atoms with E-state index in [0.717, 1.165) is 12.0 Å². The molecule has 2 nitrogen and oxygen atoms in total. The van der Waals surface area contributed by atoms with Gasteiger partial charge in [0.25, 0.3) is 0 Å². The van der Waals surface area contributed by atoms with E-state index in [-0.39, 0.29) is 0 Å². The average Bonchev–Trinajstić information content (AvgIpc) is 2.02. The lowest BCUT2D eigenvalue weighted by atomic mass is 9.86. The summed E-state index contributed by atoms with van der Waals surface area (Å²) in [6.07, 6.45) is 7.01. The Morgan fingerprint density at radius 2 is 1.77 bits per heavy atom. The van der Waals surface area contributed by atoms with Crippen LogP contribution in [0.2, 0.25) is 0 Å². The van der Waals surface area contributed by atoms with Crippen LogP contribution in [0.5, 0.6) is 0 Å². The fraction of sp³-hybridized carbons (Fsp3) is 1.00. The molecule has 2 rings (SSSR count). The minimum absolute atomic E-state index is 0.406. The van der Waals surface area contributed by atoms with Crippen molar-refractivity contribution in [1.82, 2.24) is 4.90 Å². The highest BCUT2D eigenvalue weighted by Gasteiger charge is 2.29. The van der Waals surface area contributed by atoms with Gasteiger partial charge in [0.1, 0.15) is 0 Å². The van der Waals surface area contributed by atoms with Gasteiger partial charge in [0, 0.05) is 12.1 Å². The maximum absolute atomic E-state index is 5.92. The van der Waals surface area contributed by atoms with Crippen LogP contribution in [0.15, 0.2) is 0 Å². The average molecular weight is 182 g/mol. The van der Waals surface area contributed by atoms with Gasteiger partial charge in [0.2, 0.25) is 0 Å². The van der Waals surface area contributed by atoms with Gasteiger partial charge in [-0.25, -0.2) is 0 Å². The van der Waals surface area contributed by atoms with Crippen molar-refractivity contribution in [1.29, 1.82) is 0 Å². The van der Waals surface area contributed by atoms with Crippen molar-refractivity contribution in [2.24, 2.45) is 11.7 Å². The van der Waals surface area contributed by atoms with Crippen LogP contribution in [-0.2, 0) is 0 Å². The Balaban J connectivity index is 1.75. The summed E-state index contributed by atoms with van der Waals surface area (Å²) in [6, 6.07) is 1.34. The van der Waals surface area contributed by atoms with Crippen LogP contribution in [0.25, 0.3) is 0 Å². The highest BCUT2D eigenvalue weighted by atomic mass is 15.2. The molecule has 76 valence electrons. The second-order valence-electron chi connectivity index (χ2n) is 4.82. The third kappa shape index (κ3) is 2.05. The molecule has 13 heavy (non-hydrogen) atoms. The molecule has 1 aliphatic carbocycles. The van der Waals surface area contributed by atoms with Crippen molar-refractivity contribution in [3.63, 3.8) is 0 Å². The van der Waals surface area contributed by atoms with Gasteiger partial charge in [0.05, 0.1) is 0 Å². The molecule has 1 aliphatic heterocycles. The first-order valence-electron chi connectivity index (χ1n) is 5.77. The Morgan fingerprint density at radius 1 is 1.15 bits per heavy atom. The van der Waals surface area contributed by atoms with Crippen molar-refractivity contribution in [2.45, 2.75) is 51.1 Å². The zero-order chi connectivity index (χ0) is 9.26. The van der Waals surface area contributed by atoms with Gasteiger partial charge in [-0.3, -0.25) is 0 Å². The lowest BCUT2D eigenvalue weighted by Crippen LogP contribution is -2.47. The molecular formula is C11H22N2. The Bertz CT molecular complexity index is 155. The van der Waals surface area contributed by atoms with Crippen LogP contribution < -0.4 is 5.73 Å². The van der Waals surface area contributed by atoms with Gasteiger partial charge in [-0.15, -0.1) is 0 Å². The number of hydrogen-bond acceptors (Lipinski definition) is 2. The van der Waals surface area contributed by atoms with Crippen molar-refractivity contribution in [3.05, 3.63) is 0 Å². The lowest BCUT2D eigenvalue weighted by molar-refractivity contribution is 0.0800. The molecule has 0 radical (unpaired) electrons. The predicted octanol–water partition coefficient (Wildman–Crippen LogP) is 1.60. The Kier molecular flexibility index (Phi) is 2.89. The third-order valence-electron chi connectivity index (χ3n) is 3.91. The minimum Gasteiger partial charge on any atom is -0.328 e. The summed E-state index contributed by atoms with van der Waals surface area (Å²) in [5.74, 6) is 0.788. The Hall–Kier alpha value is -0.0800. The fourth-order valence-corrected chi connectivity index (χ4v) is 2.56. The van der Waals surface area contributed by atoms with Crippen molar-refractivity contribution >= 4 is 0 Å². The Labute approximate surface area is 81.5 Å². The molecule has 1 atom stereocenters. The molecule has 0 amide bonds. The van der Waals surface area contributed by atoms with E-state index in [2.05, 4.69) is 11.8 Å². The van der Waals surface area contributed by atoms with Crippen LogP contribution >= 0.6 is 0 Å². The number of piperidine rings is 1. The van der Waals surface area contributed by atoms with Gasteiger partial charge >= 0.3 is 0 Å². The first-order chi connectivity index (χ1) is 6.27. The maximum atomic E-state index is 5.92. The van der Waals surface area contributed by atoms with E-state index < -0.39 is 0 Å². The highest BCUT2D eigenvalue weighted by molar-refractivity contribution is 4.85. The largest absolute Gasteiger partial charge is 0.328 e. The van der Waals surface area contributed by atoms with Crippen LogP contribution in [-0.4, -0.2) is 30.1 Å². The number of rotatable bonds is 2. The molecule has 2 heteroatoms. The smallest absolute Gasteiger partial charge is 0.00952 e. The molecule has 2 fully saturated rings. The summed E-state index contributed by atoms with van der Waals surface area (Å²) in [7, 11) is 0. The minimum atomic E-state index is 0.406. The molecular weight excluding hydrogens is 160 g/mol. The first-order valence-corrected chi connectivity index (χ1v) is 5.77. The second kappa shape index (κ2) is 3.97. The monoisotopic (exact) mass is 182 g/mol. The lowest BCUT2D eigenvalue weighted by Gasteiger charge is -2.42. The van der Waals surface area contributed by atoms with E-state index in [0.29, 0.717) is 6.04 Å². The van der Waals surface area contributed by atoms with Crippen molar-refractivity contribution in [2.75, 3.05) is 13.1 Å². The number of nitrogens with two attached hydrogens (primary N) is 1. The van der Waals surface area contributed by atoms with E-state index in [1.165, 1.54) is 45.2 Å². The molecule has 2 N–H and O–H groups in total. The molecule has 1 saturated carbocycles. The van der Waals surface area contributed by atoms with E-state index in [9.17, 15) is 0 Å². The fourth-order valence-electron chi connectivity index (χ4n) is 2.56. The van der Waals surface area contributed by atoms with Crippen LogP contribution in [0.4, 0.5) is 0 Å². The normalized spacial score (nSPS) is 30.0. The number of likely N-dealkylation sites (tertiary alicyclic amines) is 1. The van der Waals surface area contributed by atoms with Gasteiger partial charge in [0.15, 0.2) is 0 Å². The molecule has 1 heterocycles. The maximum Gasteiger partial charge on any atom is 0.00952 e. The molecule has 0 bridgehead atoms. The molecule has 0 aromatic heterocycles.